The van der Waals surface area contributed by atoms with Gasteiger partial charge >= 0.3 is 0 Å². The number of amides is 1. The largest absolute Gasteiger partial charge is 0.354 e. The molecule has 1 amide bonds. The summed E-state index contributed by atoms with van der Waals surface area (Å²) < 4.78 is 0. The first-order valence-corrected chi connectivity index (χ1v) is 10.8. The van der Waals surface area contributed by atoms with Gasteiger partial charge in [0, 0.05) is 18.0 Å². The van der Waals surface area contributed by atoms with Crippen LogP contribution in [0.1, 0.15) is 57.4 Å². The first-order chi connectivity index (χ1) is 13.0. The van der Waals surface area contributed by atoms with E-state index < -0.39 is 0 Å². The Morgan fingerprint density at radius 3 is 2.44 bits per heavy atom. The molecule has 1 saturated heterocycles. The summed E-state index contributed by atoms with van der Waals surface area (Å²) in [4.78, 5) is 17.6. The number of carbonyl (C=O) groups is 1. The normalized spacial score (nSPS) is 22.5. The molecule has 1 atom stereocenters. The zero-order valence-corrected chi connectivity index (χ0v) is 17.4. The van der Waals surface area contributed by atoms with Crippen molar-refractivity contribution in [3.8, 4) is 0 Å². The van der Waals surface area contributed by atoms with Crippen LogP contribution in [0.2, 0.25) is 0 Å². The van der Waals surface area contributed by atoms with Crippen molar-refractivity contribution in [3.05, 3.63) is 35.9 Å². The number of piperidine rings is 1. The van der Waals surface area contributed by atoms with Crippen LogP contribution in [0.4, 0.5) is 0 Å². The van der Waals surface area contributed by atoms with E-state index in [9.17, 15) is 4.79 Å². The fourth-order valence-corrected chi connectivity index (χ4v) is 4.80. The summed E-state index contributed by atoms with van der Waals surface area (Å²) in [5, 5.41) is 3.33. The monoisotopic (exact) mass is 371 g/mol. The Labute approximate surface area is 165 Å². The van der Waals surface area contributed by atoms with E-state index in [1.165, 1.54) is 37.7 Å². The molecule has 1 aromatic rings. The number of rotatable bonds is 6. The van der Waals surface area contributed by atoms with Gasteiger partial charge in [0.25, 0.3) is 0 Å². The molecule has 0 aromatic heterocycles. The first kappa shape index (κ1) is 20.3. The number of nitrogens with zero attached hydrogens (tertiary/aromatic N) is 2. The van der Waals surface area contributed by atoms with E-state index in [1.807, 2.05) is 0 Å². The van der Waals surface area contributed by atoms with Crippen molar-refractivity contribution in [2.75, 3.05) is 33.7 Å². The average Bonchev–Trinajstić information content (AvgIpc) is 2.73. The van der Waals surface area contributed by atoms with Gasteiger partial charge in [-0.3, -0.25) is 9.69 Å². The van der Waals surface area contributed by atoms with Gasteiger partial charge in [0.15, 0.2) is 0 Å². The molecule has 0 bridgehead atoms. The number of hydrogen-bond donors (Lipinski definition) is 1. The molecular weight excluding hydrogens is 334 g/mol. The minimum atomic E-state index is -0.0628. The van der Waals surface area contributed by atoms with Crippen LogP contribution in [0.25, 0.3) is 0 Å². The number of likely N-dealkylation sites (tertiary alicyclic amines) is 1. The van der Waals surface area contributed by atoms with Crippen molar-refractivity contribution < 1.29 is 4.79 Å². The second-order valence-electron chi connectivity index (χ2n) is 8.80. The van der Waals surface area contributed by atoms with Crippen LogP contribution in [-0.2, 0) is 10.2 Å². The highest BCUT2D eigenvalue weighted by Crippen LogP contribution is 2.34. The number of carbonyl (C=O) groups excluding carboxylic acids is 1. The maximum Gasteiger partial charge on any atom is 0.237 e. The van der Waals surface area contributed by atoms with Crippen LogP contribution >= 0.6 is 0 Å². The van der Waals surface area contributed by atoms with E-state index in [4.69, 9.17) is 0 Å². The third kappa shape index (κ3) is 4.91. The summed E-state index contributed by atoms with van der Waals surface area (Å²) in [6, 6.07) is 11.3. The lowest BCUT2D eigenvalue weighted by Gasteiger charge is -2.42. The van der Waals surface area contributed by atoms with Gasteiger partial charge in [-0.1, -0.05) is 49.6 Å². The lowest BCUT2D eigenvalue weighted by atomic mass is 9.72. The molecule has 1 unspecified atom stereocenters. The molecular formula is C23H37N3O. The second-order valence-corrected chi connectivity index (χ2v) is 8.80. The Hall–Kier alpha value is -1.39. The fourth-order valence-electron chi connectivity index (χ4n) is 4.80. The van der Waals surface area contributed by atoms with Crippen LogP contribution in [0, 0.1) is 0 Å². The van der Waals surface area contributed by atoms with E-state index in [0.29, 0.717) is 6.04 Å². The third-order valence-electron chi connectivity index (χ3n) is 7.07. The predicted octanol–water partition coefficient (Wildman–Crippen LogP) is 3.42. The van der Waals surface area contributed by atoms with E-state index >= 15 is 0 Å². The lowest BCUT2D eigenvalue weighted by molar-refractivity contribution is -0.126. The first-order valence-electron chi connectivity index (χ1n) is 10.8. The second kappa shape index (κ2) is 9.20. The summed E-state index contributed by atoms with van der Waals surface area (Å²) >= 11 is 0. The Kier molecular flexibility index (Phi) is 6.93. The van der Waals surface area contributed by atoms with Crippen LogP contribution in [-0.4, -0.2) is 61.5 Å². The van der Waals surface area contributed by atoms with Crippen molar-refractivity contribution in [1.29, 1.82) is 0 Å². The molecule has 150 valence electrons. The lowest BCUT2D eigenvalue weighted by Crippen LogP contribution is -2.53. The van der Waals surface area contributed by atoms with Gasteiger partial charge in [0.2, 0.25) is 5.91 Å². The molecule has 3 rings (SSSR count). The number of hydrogen-bond acceptors (Lipinski definition) is 3. The molecule has 0 radical (unpaired) electrons. The van der Waals surface area contributed by atoms with Crippen molar-refractivity contribution in [2.24, 2.45) is 0 Å². The van der Waals surface area contributed by atoms with Gasteiger partial charge in [-0.2, -0.15) is 0 Å². The van der Waals surface area contributed by atoms with Gasteiger partial charge < -0.3 is 10.2 Å². The summed E-state index contributed by atoms with van der Waals surface area (Å²) in [6.45, 7) is 4.98. The highest BCUT2D eigenvalue weighted by molar-refractivity contribution is 5.81. The molecule has 1 aromatic carbocycles. The van der Waals surface area contributed by atoms with Crippen molar-refractivity contribution in [2.45, 2.75) is 69.4 Å². The summed E-state index contributed by atoms with van der Waals surface area (Å²) in [7, 11) is 4.32. The van der Waals surface area contributed by atoms with Crippen LogP contribution < -0.4 is 5.32 Å². The van der Waals surface area contributed by atoms with Gasteiger partial charge in [0.05, 0.1) is 6.04 Å². The van der Waals surface area contributed by atoms with Crippen LogP contribution in [0.3, 0.4) is 0 Å². The molecule has 4 heteroatoms. The molecule has 1 N–H and O–H groups in total. The zero-order chi connectivity index (χ0) is 19.3. The minimum absolute atomic E-state index is 0.0621. The summed E-state index contributed by atoms with van der Waals surface area (Å²) in [5.41, 5.74) is 1.43. The maximum absolute atomic E-state index is 12.9. The van der Waals surface area contributed by atoms with E-state index in [-0.39, 0.29) is 17.4 Å². The quantitative estimate of drug-likeness (QED) is 0.832. The molecule has 1 aliphatic heterocycles. The highest BCUT2D eigenvalue weighted by atomic mass is 16.2. The Balaban J connectivity index is 1.63. The minimum Gasteiger partial charge on any atom is -0.354 e. The van der Waals surface area contributed by atoms with E-state index in [2.05, 4.69) is 66.5 Å². The highest BCUT2D eigenvalue weighted by Gasteiger charge is 2.36. The Morgan fingerprint density at radius 1 is 1.19 bits per heavy atom. The topological polar surface area (TPSA) is 35.6 Å². The number of benzene rings is 1. The molecule has 1 saturated carbocycles. The molecule has 4 nitrogen and oxygen atoms in total. The van der Waals surface area contributed by atoms with Crippen molar-refractivity contribution in [1.82, 2.24) is 15.1 Å². The third-order valence-corrected chi connectivity index (χ3v) is 7.07. The molecule has 0 spiro atoms. The SMILES string of the molecule is CC(C(=O)NCC1(c2ccccc2)CCN(C)CC1)N(C)C1CCCCC1. The zero-order valence-electron chi connectivity index (χ0n) is 17.4. The average molecular weight is 372 g/mol. The molecule has 2 fully saturated rings. The van der Waals surface area contributed by atoms with Gasteiger partial charge in [0.1, 0.15) is 0 Å². The van der Waals surface area contributed by atoms with Crippen LogP contribution in [0.15, 0.2) is 30.3 Å². The van der Waals surface area contributed by atoms with Crippen LogP contribution in [0.5, 0.6) is 0 Å². The number of nitrogens with one attached hydrogen (secondary N) is 1. The molecule has 1 heterocycles. The Morgan fingerprint density at radius 2 is 1.81 bits per heavy atom. The van der Waals surface area contributed by atoms with Gasteiger partial charge in [-0.05, 0) is 65.4 Å². The Bertz CT molecular complexity index is 589. The molecule has 27 heavy (non-hydrogen) atoms. The molecule has 1 aliphatic carbocycles. The van der Waals surface area contributed by atoms with Gasteiger partial charge in [-0.15, -0.1) is 0 Å². The van der Waals surface area contributed by atoms with E-state index in [1.54, 1.807) is 0 Å². The van der Waals surface area contributed by atoms with Crippen molar-refractivity contribution in [3.63, 3.8) is 0 Å². The molecule has 2 aliphatic rings. The smallest absolute Gasteiger partial charge is 0.237 e. The van der Waals surface area contributed by atoms with E-state index in [0.717, 1.165) is 32.5 Å². The summed E-state index contributed by atoms with van der Waals surface area (Å²) in [5.74, 6) is 0.178. The number of likely N-dealkylation sites (N-methyl/N-ethyl adjacent to an activating group) is 1. The standard InChI is InChI=1S/C23H37N3O/c1-19(26(3)21-12-8-5-9-13-21)22(27)24-18-23(14-16-25(2)17-15-23)20-10-6-4-7-11-20/h4,6-7,10-11,19,21H,5,8-9,12-18H2,1-3H3,(H,24,27). The maximum atomic E-state index is 12.9. The van der Waals surface area contributed by atoms with Gasteiger partial charge in [-0.25, -0.2) is 0 Å². The summed E-state index contributed by atoms with van der Waals surface area (Å²) in [6.07, 6.45) is 8.60. The predicted molar refractivity (Wildman–Crippen MR) is 112 cm³/mol. The fraction of sp³-hybridized carbons (Fsp3) is 0.696. The van der Waals surface area contributed by atoms with Crippen molar-refractivity contribution >= 4 is 5.91 Å².